The highest BCUT2D eigenvalue weighted by molar-refractivity contribution is 8.00. The highest BCUT2D eigenvalue weighted by Gasteiger charge is 2.30. The fourth-order valence-corrected chi connectivity index (χ4v) is 6.88. The Hall–Kier alpha value is -2.84. The largest absolute Gasteiger partial charge is 0.493 e. The Balaban J connectivity index is 1.48. The van der Waals surface area contributed by atoms with Crippen molar-refractivity contribution in [2.45, 2.75) is 37.1 Å². The van der Waals surface area contributed by atoms with Gasteiger partial charge in [0.2, 0.25) is 5.52 Å². The molecule has 0 saturated heterocycles. The third-order valence-corrected chi connectivity index (χ3v) is 8.51. The summed E-state index contributed by atoms with van der Waals surface area (Å²) in [5.41, 5.74) is 2.37. The molecule has 1 unspecified atom stereocenters. The number of aryl methyl sites for hydroxylation is 1. The second kappa shape index (κ2) is 11.3. The summed E-state index contributed by atoms with van der Waals surface area (Å²) < 4.78 is 25.5. The molecule has 3 aromatic rings. The second-order valence-corrected chi connectivity index (χ2v) is 10.2. The molecule has 0 aliphatic carbocycles. The van der Waals surface area contributed by atoms with Crippen LogP contribution in [0.5, 0.6) is 23.0 Å². The van der Waals surface area contributed by atoms with E-state index in [1.807, 2.05) is 11.8 Å². The Kier molecular flexibility index (Phi) is 8.13. The molecule has 0 amide bonds. The van der Waals surface area contributed by atoms with Crippen molar-refractivity contribution in [1.82, 2.24) is 0 Å². The number of hydrogen-bond donors (Lipinski definition) is 0. The van der Waals surface area contributed by atoms with Crippen molar-refractivity contribution >= 4 is 45.1 Å². The van der Waals surface area contributed by atoms with Gasteiger partial charge in [0.1, 0.15) is 11.2 Å². The van der Waals surface area contributed by atoms with Crippen LogP contribution in [0.1, 0.15) is 25.3 Å². The summed E-state index contributed by atoms with van der Waals surface area (Å²) in [5, 5.41) is 1.54. The fourth-order valence-electron chi connectivity index (χ4n) is 4.37. The minimum atomic E-state index is 0.348. The first-order chi connectivity index (χ1) is 17.1. The molecule has 6 nitrogen and oxygen atoms in total. The van der Waals surface area contributed by atoms with E-state index in [9.17, 15) is 0 Å². The summed E-state index contributed by atoms with van der Waals surface area (Å²) in [6.45, 7) is 6.18. The van der Waals surface area contributed by atoms with Crippen LogP contribution in [0, 0.1) is 0 Å². The van der Waals surface area contributed by atoms with Crippen LogP contribution in [0.25, 0.3) is 16.3 Å². The number of aromatic nitrogens is 1. The summed E-state index contributed by atoms with van der Waals surface area (Å²) in [6, 6.07) is 8.28. The van der Waals surface area contributed by atoms with Gasteiger partial charge in [-0.2, -0.15) is 4.57 Å². The molecule has 35 heavy (non-hydrogen) atoms. The Morgan fingerprint density at radius 1 is 0.886 bits per heavy atom. The van der Waals surface area contributed by atoms with Gasteiger partial charge in [0.25, 0.3) is 5.01 Å². The summed E-state index contributed by atoms with van der Waals surface area (Å²) >= 11 is 3.63. The molecule has 0 bridgehead atoms. The highest BCUT2D eigenvalue weighted by Crippen LogP contribution is 2.49. The van der Waals surface area contributed by atoms with Gasteiger partial charge in [-0.05, 0) is 26.3 Å². The molecule has 1 aliphatic rings. The average molecular weight is 514 g/mol. The molecule has 1 aliphatic heterocycles. The van der Waals surface area contributed by atoms with Crippen molar-refractivity contribution in [3.8, 4) is 23.0 Å². The van der Waals surface area contributed by atoms with Crippen molar-refractivity contribution in [3.05, 3.63) is 47.5 Å². The first-order valence-corrected chi connectivity index (χ1v) is 13.4. The maximum absolute atomic E-state index is 5.51. The van der Waals surface area contributed by atoms with E-state index in [0.29, 0.717) is 5.37 Å². The van der Waals surface area contributed by atoms with E-state index in [-0.39, 0.29) is 0 Å². The van der Waals surface area contributed by atoms with E-state index in [1.54, 1.807) is 39.8 Å². The van der Waals surface area contributed by atoms with Crippen molar-refractivity contribution in [2.75, 3.05) is 39.9 Å². The number of benzene rings is 2. The van der Waals surface area contributed by atoms with Crippen LogP contribution >= 0.6 is 23.1 Å². The number of hydrogen-bond acceptors (Lipinski definition) is 7. The molecule has 0 N–H and O–H groups in total. The molecule has 0 saturated carbocycles. The molecular formula is C27H33N2O4S2+. The number of thioether (sulfide) groups is 1. The van der Waals surface area contributed by atoms with E-state index in [4.69, 9.17) is 18.9 Å². The number of nitrogens with zero attached hydrogens (tertiary/aromatic N) is 2. The van der Waals surface area contributed by atoms with E-state index < -0.39 is 0 Å². The molecule has 0 radical (unpaired) electrons. The number of ether oxygens (including phenoxy) is 4. The summed E-state index contributed by atoms with van der Waals surface area (Å²) in [4.78, 5) is 3.66. The molecular weight excluding hydrogens is 480 g/mol. The molecule has 0 fully saturated rings. The fraction of sp³-hybridized carbons (Fsp3) is 0.370. The molecule has 0 spiro atoms. The number of allylic oxidation sites excluding steroid dienone is 2. The Morgan fingerprint density at radius 2 is 1.54 bits per heavy atom. The van der Waals surface area contributed by atoms with Gasteiger partial charge in [0.15, 0.2) is 23.0 Å². The Morgan fingerprint density at radius 3 is 2.20 bits per heavy atom. The third-order valence-electron chi connectivity index (χ3n) is 6.10. The van der Waals surface area contributed by atoms with Gasteiger partial charge in [0, 0.05) is 29.6 Å². The normalized spacial score (nSPS) is 15.4. The molecule has 2 aromatic carbocycles. The van der Waals surface area contributed by atoms with Gasteiger partial charge in [-0.1, -0.05) is 41.3 Å². The number of fused-ring (bicyclic) bond motifs is 2. The maximum atomic E-state index is 5.51. The van der Waals surface area contributed by atoms with Crippen LogP contribution < -0.4 is 28.4 Å². The predicted molar refractivity (Wildman–Crippen MR) is 146 cm³/mol. The van der Waals surface area contributed by atoms with Crippen LogP contribution in [0.15, 0.2) is 47.4 Å². The summed E-state index contributed by atoms with van der Waals surface area (Å²) in [6.07, 6.45) is 9.63. The zero-order valence-corrected chi connectivity index (χ0v) is 22.8. The van der Waals surface area contributed by atoms with Gasteiger partial charge in [0.05, 0.1) is 45.6 Å². The zero-order chi connectivity index (χ0) is 24.9. The van der Waals surface area contributed by atoms with E-state index in [1.165, 1.54) is 20.3 Å². The minimum absolute atomic E-state index is 0.348. The summed E-state index contributed by atoms with van der Waals surface area (Å²) in [5.74, 6) is 3.05. The van der Waals surface area contributed by atoms with Crippen LogP contribution in [-0.4, -0.2) is 40.4 Å². The number of anilines is 1. The van der Waals surface area contributed by atoms with Crippen LogP contribution in [0.2, 0.25) is 0 Å². The first kappa shape index (κ1) is 25.3. The van der Waals surface area contributed by atoms with Crippen molar-refractivity contribution in [1.29, 1.82) is 0 Å². The Labute approximate surface area is 215 Å². The SMILES string of the molecule is CCN1c2cc(OC)c(OC)cc2SC1C/C=C/C=C/c1sc2cc(OC)c(OC)cc2[n+]1CC. The van der Waals surface area contributed by atoms with Gasteiger partial charge in [-0.3, -0.25) is 0 Å². The lowest BCUT2D eigenvalue weighted by atomic mass is 10.2. The highest BCUT2D eigenvalue weighted by atomic mass is 32.2. The predicted octanol–water partition coefficient (Wildman–Crippen LogP) is 6.16. The molecule has 4 rings (SSSR count). The molecule has 1 atom stereocenters. The smallest absolute Gasteiger partial charge is 0.262 e. The number of rotatable bonds is 10. The zero-order valence-electron chi connectivity index (χ0n) is 21.2. The average Bonchev–Trinajstić information content (AvgIpc) is 3.41. The second-order valence-electron chi connectivity index (χ2n) is 7.92. The number of methoxy groups -OCH3 is 4. The minimum Gasteiger partial charge on any atom is -0.493 e. The third kappa shape index (κ3) is 4.95. The molecule has 8 heteroatoms. The van der Waals surface area contributed by atoms with Gasteiger partial charge in [-0.15, -0.1) is 0 Å². The van der Waals surface area contributed by atoms with Crippen LogP contribution in [0.3, 0.4) is 0 Å². The van der Waals surface area contributed by atoms with Crippen LogP contribution in [-0.2, 0) is 6.54 Å². The lowest BCUT2D eigenvalue weighted by molar-refractivity contribution is -0.665. The molecule has 1 aromatic heterocycles. The van der Waals surface area contributed by atoms with Gasteiger partial charge >= 0.3 is 0 Å². The monoisotopic (exact) mass is 513 g/mol. The number of thiazole rings is 1. The van der Waals surface area contributed by atoms with Crippen molar-refractivity contribution < 1.29 is 23.5 Å². The van der Waals surface area contributed by atoms with Gasteiger partial charge < -0.3 is 23.8 Å². The maximum Gasteiger partial charge on any atom is 0.262 e. The topological polar surface area (TPSA) is 44.0 Å². The lowest BCUT2D eigenvalue weighted by Gasteiger charge is -2.24. The lowest BCUT2D eigenvalue weighted by Crippen LogP contribution is -2.33. The van der Waals surface area contributed by atoms with E-state index in [0.717, 1.165) is 48.0 Å². The molecule has 2 heterocycles. The Bertz CT molecular complexity index is 1250. The van der Waals surface area contributed by atoms with Crippen molar-refractivity contribution in [3.63, 3.8) is 0 Å². The van der Waals surface area contributed by atoms with E-state index >= 15 is 0 Å². The standard InChI is InChI=1S/C27H33N2O4S2/c1-7-28-18-14-20(30-3)22(32-5)16-24(18)34-26(28)12-10-9-11-13-27-29(8-2)19-15-21(31-4)23(33-6)17-25(19)35-27/h9-12,14-17,27H,7-8,13H2,1-6H3/q+1/b11-9+,12-10+. The molecule has 186 valence electrons. The van der Waals surface area contributed by atoms with Crippen LogP contribution in [0.4, 0.5) is 5.69 Å². The first-order valence-electron chi connectivity index (χ1n) is 11.7. The summed E-state index contributed by atoms with van der Waals surface area (Å²) in [7, 11) is 6.71. The quantitative estimate of drug-likeness (QED) is 0.239. The van der Waals surface area contributed by atoms with Crippen molar-refractivity contribution in [2.24, 2.45) is 0 Å². The van der Waals surface area contributed by atoms with Gasteiger partial charge in [-0.25, -0.2) is 0 Å². The van der Waals surface area contributed by atoms with E-state index in [2.05, 4.69) is 71.9 Å².